The molecule has 0 heterocycles. The third-order valence-corrected chi connectivity index (χ3v) is 4.14. The molecule has 0 radical (unpaired) electrons. The van der Waals surface area contributed by atoms with Crippen LogP contribution in [0.1, 0.15) is 22.3 Å². The highest BCUT2D eigenvalue weighted by Gasteiger charge is 2.10. The van der Waals surface area contributed by atoms with Gasteiger partial charge in [0.1, 0.15) is 5.75 Å². The molecule has 132 valence electrons. The third kappa shape index (κ3) is 6.23. The Labute approximate surface area is 155 Å². The molecular formula is C19H20BrNO4. The molecule has 0 spiro atoms. The number of ether oxygens (including phenoxy) is 2. The Kier molecular flexibility index (Phi) is 7.47. The Hall–Kier alpha value is -2.34. The Balaban J connectivity index is 1.72. The first-order valence-corrected chi connectivity index (χ1v) is 8.70. The van der Waals surface area contributed by atoms with Crippen molar-refractivity contribution in [2.24, 2.45) is 0 Å². The van der Waals surface area contributed by atoms with Gasteiger partial charge in [0.25, 0.3) is 5.91 Å². The predicted molar refractivity (Wildman–Crippen MR) is 98.7 cm³/mol. The van der Waals surface area contributed by atoms with Crippen LogP contribution in [0.5, 0.6) is 5.75 Å². The molecule has 0 fully saturated rings. The van der Waals surface area contributed by atoms with Crippen LogP contribution in [0.4, 0.5) is 0 Å². The summed E-state index contributed by atoms with van der Waals surface area (Å²) >= 11 is 3.32. The third-order valence-electron chi connectivity index (χ3n) is 3.52. The van der Waals surface area contributed by atoms with Gasteiger partial charge in [-0.1, -0.05) is 30.3 Å². The summed E-state index contributed by atoms with van der Waals surface area (Å²) in [6, 6.07) is 14.9. The molecule has 0 atom stereocenters. The smallest absolute Gasteiger partial charge is 0.337 e. The van der Waals surface area contributed by atoms with Gasteiger partial charge in [-0.3, -0.25) is 4.79 Å². The monoisotopic (exact) mass is 405 g/mol. The zero-order valence-electron chi connectivity index (χ0n) is 14.0. The fourth-order valence-electron chi connectivity index (χ4n) is 2.22. The highest BCUT2D eigenvalue weighted by molar-refractivity contribution is 9.10. The molecule has 1 N–H and O–H groups in total. The second-order valence-electron chi connectivity index (χ2n) is 5.36. The van der Waals surface area contributed by atoms with Crippen LogP contribution in [-0.4, -0.2) is 32.1 Å². The minimum atomic E-state index is -0.427. The van der Waals surface area contributed by atoms with Crippen LogP contribution in [0.25, 0.3) is 0 Å². The molecule has 6 heteroatoms. The van der Waals surface area contributed by atoms with Crippen LogP contribution < -0.4 is 10.1 Å². The minimum Gasteiger partial charge on any atom is -0.483 e. The van der Waals surface area contributed by atoms with Crippen molar-refractivity contribution < 1.29 is 19.1 Å². The quantitative estimate of drug-likeness (QED) is 0.540. The molecule has 5 nitrogen and oxygen atoms in total. The number of esters is 1. The summed E-state index contributed by atoms with van der Waals surface area (Å²) < 4.78 is 10.7. The molecule has 0 saturated carbocycles. The van der Waals surface area contributed by atoms with Crippen LogP contribution in [0.3, 0.4) is 0 Å². The summed E-state index contributed by atoms with van der Waals surface area (Å²) in [6.45, 7) is 0.515. The van der Waals surface area contributed by atoms with E-state index in [9.17, 15) is 9.59 Å². The number of benzene rings is 2. The number of rotatable bonds is 8. The van der Waals surface area contributed by atoms with Gasteiger partial charge in [0.15, 0.2) is 6.61 Å². The molecule has 0 saturated heterocycles. The van der Waals surface area contributed by atoms with E-state index in [1.165, 1.54) is 12.7 Å². The second-order valence-corrected chi connectivity index (χ2v) is 6.22. The van der Waals surface area contributed by atoms with Gasteiger partial charge in [0.2, 0.25) is 0 Å². The zero-order valence-corrected chi connectivity index (χ0v) is 15.5. The molecule has 25 heavy (non-hydrogen) atoms. The van der Waals surface area contributed by atoms with Crippen molar-refractivity contribution >= 4 is 27.8 Å². The molecule has 2 aromatic carbocycles. The van der Waals surface area contributed by atoms with Crippen LogP contribution in [0, 0.1) is 0 Å². The first kappa shape index (κ1) is 19.0. The average Bonchev–Trinajstić information content (AvgIpc) is 2.64. The predicted octanol–water partition coefficient (Wildman–Crippen LogP) is 3.36. The lowest BCUT2D eigenvalue weighted by Gasteiger charge is -2.10. The Morgan fingerprint density at radius 3 is 2.56 bits per heavy atom. The summed E-state index contributed by atoms with van der Waals surface area (Å²) in [4.78, 5) is 23.3. The fraction of sp³-hybridized carbons (Fsp3) is 0.263. The maximum Gasteiger partial charge on any atom is 0.337 e. The van der Waals surface area contributed by atoms with Gasteiger partial charge in [0.05, 0.1) is 17.1 Å². The second kappa shape index (κ2) is 9.84. The maximum absolute atomic E-state index is 11.8. The van der Waals surface area contributed by atoms with Crippen LogP contribution >= 0.6 is 15.9 Å². The van der Waals surface area contributed by atoms with Gasteiger partial charge in [0, 0.05) is 6.54 Å². The first-order valence-electron chi connectivity index (χ1n) is 7.91. The number of carbonyl (C=O) groups excluding carboxylic acids is 2. The van der Waals surface area contributed by atoms with Crippen molar-refractivity contribution in [3.63, 3.8) is 0 Å². The molecule has 0 aromatic heterocycles. The van der Waals surface area contributed by atoms with Crippen molar-refractivity contribution in [1.29, 1.82) is 0 Å². The van der Waals surface area contributed by atoms with Crippen LogP contribution in [-0.2, 0) is 16.0 Å². The number of carbonyl (C=O) groups is 2. The van der Waals surface area contributed by atoms with E-state index in [1.807, 2.05) is 18.2 Å². The number of aryl methyl sites for hydroxylation is 1. The van der Waals surface area contributed by atoms with E-state index in [-0.39, 0.29) is 12.5 Å². The summed E-state index contributed by atoms with van der Waals surface area (Å²) in [5.74, 6) is -0.118. The van der Waals surface area contributed by atoms with Crippen molar-refractivity contribution in [1.82, 2.24) is 5.32 Å². The van der Waals surface area contributed by atoms with Gasteiger partial charge in [-0.25, -0.2) is 4.79 Å². The Bertz CT molecular complexity index is 719. The van der Waals surface area contributed by atoms with E-state index >= 15 is 0 Å². The molecule has 0 unspecified atom stereocenters. The highest BCUT2D eigenvalue weighted by Crippen LogP contribution is 2.26. The average molecular weight is 406 g/mol. The van der Waals surface area contributed by atoms with Crippen molar-refractivity contribution in [3.05, 3.63) is 64.1 Å². The lowest BCUT2D eigenvalue weighted by Crippen LogP contribution is -2.30. The normalized spacial score (nSPS) is 10.2. The number of amides is 1. The molecule has 0 aliphatic heterocycles. The number of nitrogens with one attached hydrogen (secondary N) is 1. The zero-order chi connectivity index (χ0) is 18.1. The van der Waals surface area contributed by atoms with Crippen LogP contribution in [0.15, 0.2) is 53.0 Å². The van der Waals surface area contributed by atoms with Gasteiger partial charge >= 0.3 is 5.97 Å². The van der Waals surface area contributed by atoms with Gasteiger partial charge in [-0.15, -0.1) is 0 Å². The standard InChI is InChI=1S/C19H20BrNO4/c1-24-19(23)15-9-10-17(16(20)12-15)25-13-18(22)21-11-5-8-14-6-3-2-4-7-14/h2-4,6-7,9-10,12H,5,8,11,13H2,1H3,(H,21,22). The largest absolute Gasteiger partial charge is 0.483 e. The van der Waals surface area contributed by atoms with Gasteiger partial charge in [-0.2, -0.15) is 0 Å². The van der Waals surface area contributed by atoms with E-state index in [1.54, 1.807) is 18.2 Å². The number of hydrogen-bond donors (Lipinski definition) is 1. The Morgan fingerprint density at radius 2 is 1.88 bits per heavy atom. The molecule has 0 aliphatic carbocycles. The van der Waals surface area contributed by atoms with E-state index in [4.69, 9.17) is 4.74 Å². The summed E-state index contributed by atoms with van der Waals surface area (Å²) in [5, 5.41) is 2.83. The van der Waals surface area contributed by atoms with E-state index in [0.29, 0.717) is 22.3 Å². The van der Waals surface area contributed by atoms with Crippen molar-refractivity contribution in [2.75, 3.05) is 20.3 Å². The van der Waals surface area contributed by atoms with Crippen LogP contribution in [0.2, 0.25) is 0 Å². The lowest BCUT2D eigenvalue weighted by molar-refractivity contribution is -0.123. The summed E-state index contributed by atoms with van der Waals surface area (Å²) in [5.41, 5.74) is 1.66. The van der Waals surface area contributed by atoms with Gasteiger partial charge < -0.3 is 14.8 Å². The van der Waals surface area contributed by atoms with E-state index in [2.05, 4.69) is 38.1 Å². The molecule has 0 bridgehead atoms. The molecule has 2 rings (SSSR count). The summed E-state index contributed by atoms with van der Waals surface area (Å²) in [6.07, 6.45) is 1.79. The Morgan fingerprint density at radius 1 is 1.12 bits per heavy atom. The number of hydrogen-bond acceptors (Lipinski definition) is 4. The molecular weight excluding hydrogens is 386 g/mol. The lowest BCUT2D eigenvalue weighted by atomic mass is 10.1. The highest BCUT2D eigenvalue weighted by atomic mass is 79.9. The van der Waals surface area contributed by atoms with E-state index in [0.717, 1.165) is 12.8 Å². The molecule has 0 aliphatic rings. The first-order chi connectivity index (χ1) is 12.1. The molecule has 2 aromatic rings. The molecule has 1 amide bonds. The minimum absolute atomic E-state index is 0.0818. The van der Waals surface area contributed by atoms with Crippen molar-refractivity contribution in [2.45, 2.75) is 12.8 Å². The number of methoxy groups -OCH3 is 1. The fourth-order valence-corrected chi connectivity index (χ4v) is 2.72. The summed E-state index contributed by atoms with van der Waals surface area (Å²) in [7, 11) is 1.32. The topological polar surface area (TPSA) is 64.6 Å². The van der Waals surface area contributed by atoms with Gasteiger partial charge in [-0.05, 0) is 52.5 Å². The van der Waals surface area contributed by atoms with Crippen molar-refractivity contribution in [3.8, 4) is 5.75 Å². The maximum atomic E-state index is 11.8. The number of halogens is 1. The van der Waals surface area contributed by atoms with E-state index < -0.39 is 5.97 Å². The SMILES string of the molecule is COC(=O)c1ccc(OCC(=O)NCCCc2ccccc2)c(Br)c1.